The maximum absolute atomic E-state index is 13.0. The van der Waals surface area contributed by atoms with Gasteiger partial charge in [-0.1, -0.05) is 52.3 Å². The van der Waals surface area contributed by atoms with Crippen LogP contribution in [0.1, 0.15) is 21.5 Å². The number of fused-ring (bicyclic) bond motifs is 1. The molecule has 1 unspecified atom stereocenters. The van der Waals surface area contributed by atoms with E-state index < -0.39 is 4.32 Å². The predicted molar refractivity (Wildman–Crippen MR) is 71.5 cm³/mol. The molecule has 0 heterocycles. The minimum atomic E-state index is -0.746. The topological polar surface area (TPSA) is 17.1 Å². The van der Waals surface area contributed by atoms with Crippen LogP contribution >= 0.6 is 15.9 Å². The molecular formula is C15H10BrFO. The van der Waals surface area contributed by atoms with Gasteiger partial charge in [0.1, 0.15) is 10.1 Å². The Balaban J connectivity index is 2.09. The molecule has 0 amide bonds. The van der Waals surface area contributed by atoms with E-state index in [4.69, 9.17) is 0 Å². The number of rotatable bonds is 1. The summed E-state index contributed by atoms with van der Waals surface area (Å²) in [5, 5.41) is 0. The fourth-order valence-corrected chi connectivity index (χ4v) is 3.18. The third-order valence-corrected chi connectivity index (χ3v) is 4.46. The predicted octanol–water partition coefficient (Wildman–Crippen LogP) is 3.85. The van der Waals surface area contributed by atoms with Crippen molar-refractivity contribution in [2.75, 3.05) is 0 Å². The largest absolute Gasteiger partial charge is 0.292 e. The molecule has 0 fully saturated rings. The second-order valence-corrected chi connectivity index (χ2v) is 5.82. The average molecular weight is 305 g/mol. The van der Waals surface area contributed by atoms with Gasteiger partial charge < -0.3 is 0 Å². The Kier molecular flexibility index (Phi) is 2.59. The van der Waals surface area contributed by atoms with Gasteiger partial charge in [0.05, 0.1) is 0 Å². The zero-order valence-corrected chi connectivity index (χ0v) is 11.1. The van der Waals surface area contributed by atoms with Gasteiger partial charge in [-0.3, -0.25) is 4.79 Å². The number of Topliss-reactive ketones (excluding diaryl/α,β-unsaturated/α-hetero) is 1. The van der Waals surface area contributed by atoms with E-state index >= 15 is 0 Å². The van der Waals surface area contributed by atoms with Crippen molar-refractivity contribution in [3.8, 4) is 0 Å². The van der Waals surface area contributed by atoms with Gasteiger partial charge in [0.25, 0.3) is 0 Å². The summed E-state index contributed by atoms with van der Waals surface area (Å²) >= 11 is 3.55. The summed E-state index contributed by atoms with van der Waals surface area (Å²) in [6.07, 6.45) is 0.605. The molecule has 90 valence electrons. The Morgan fingerprint density at radius 2 is 1.72 bits per heavy atom. The number of hydrogen-bond donors (Lipinski definition) is 0. The quantitative estimate of drug-likeness (QED) is 0.731. The first-order chi connectivity index (χ1) is 8.61. The van der Waals surface area contributed by atoms with Gasteiger partial charge in [0.2, 0.25) is 0 Å². The van der Waals surface area contributed by atoms with Crippen molar-refractivity contribution in [2.24, 2.45) is 0 Å². The summed E-state index contributed by atoms with van der Waals surface area (Å²) in [6, 6.07) is 13.7. The van der Waals surface area contributed by atoms with Crippen LogP contribution in [0.2, 0.25) is 0 Å². The third-order valence-electron chi connectivity index (χ3n) is 3.36. The van der Waals surface area contributed by atoms with Crippen LogP contribution in [0.15, 0.2) is 48.5 Å². The lowest BCUT2D eigenvalue weighted by Crippen LogP contribution is -2.25. The average Bonchev–Trinajstić information content (AvgIpc) is 2.64. The molecule has 0 aromatic heterocycles. The number of alkyl halides is 1. The van der Waals surface area contributed by atoms with Crippen molar-refractivity contribution in [3.05, 3.63) is 71.0 Å². The summed E-state index contributed by atoms with van der Waals surface area (Å²) in [7, 11) is 0. The summed E-state index contributed by atoms with van der Waals surface area (Å²) in [4.78, 5) is 12.5. The highest BCUT2D eigenvalue weighted by Gasteiger charge is 2.44. The zero-order chi connectivity index (χ0) is 12.8. The SMILES string of the molecule is O=C1c2ccccc2CC1(Br)c1ccc(F)cc1. The van der Waals surface area contributed by atoms with Crippen LogP contribution in [0.4, 0.5) is 4.39 Å². The summed E-state index contributed by atoms with van der Waals surface area (Å²) < 4.78 is 12.2. The van der Waals surface area contributed by atoms with E-state index in [1.807, 2.05) is 24.3 Å². The van der Waals surface area contributed by atoms with Gasteiger partial charge in [0, 0.05) is 5.56 Å². The molecule has 2 aromatic rings. The van der Waals surface area contributed by atoms with Gasteiger partial charge in [0.15, 0.2) is 5.78 Å². The maximum Gasteiger partial charge on any atom is 0.184 e. The van der Waals surface area contributed by atoms with Crippen LogP contribution in [0.25, 0.3) is 0 Å². The van der Waals surface area contributed by atoms with E-state index in [0.29, 0.717) is 6.42 Å². The highest BCUT2D eigenvalue weighted by Crippen LogP contribution is 2.44. The molecule has 18 heavy (non-hydrogen) atoms. The summed E-state index contributed by atoms with van der Waals surface area (Å²) in [5.74, 6) is -0.248. The standard InChI is InChI=1S/C15H10BrFO/c16-15(11-5-7-12(17)8-6-11)9-10-3-1-2-4-13(10)14(15)18/h1-8H,9H2. The minimum absolute atomic E-state index is 0.0460. The van der Waals surface area contributed by atoms with Crippen LogP contribution in [-0.2, 0) is 10.7 Å². The zero-order valence-electron chi connectivity index (χ0n) is 9.49. The Labute approximate surface area is 113 Å². The van der Waals surface area contributed by atoms with E-state index in [0.717, 1.165) is 16.7 Å². The monoisotopic (exact) mass is 304 g/mol. The van der Waals surface area contributed by atoms with Crippen molar-refractivity contribution in [1.82, 2.24) is 0 Å². The van der Waals surface area contributed by atoms with Gasteiger partial charge >= 0.3 is 0 Å². The molecule has 1 aliphatic carbocycles. The fourth-order valence-electron chi connectivity index (χ4n) is 2.40. The van der Waals surface area contributed by atoms with Gasteiger partial charge in [-0.15, -0.1) is 0 Å². The van der Waals surface area contributed by atoms with E-state index in [2.05, 4.69) is 15.9 Å². The minimum Gasteiger partial charge on any atom is -0.292 e. The Bertz CT molecular complexity index is 621. The van der Waals surface area contributed by atoms with E-state index in [-0.39, 0.29) is 11.6 Å². The Morgan fingerprint density at radius 3 is 2.39 bits per heavy atom. The number of hydrogen-bond acceptors (Lipinski definition) is 1. The molecule has 0 radical (unpaired) electrons. The molecule has 0 N–H and O–H groups in total. The normalized spacial score (nSPS) is 22.0. The van der Waals surface area contributed by atoms with Crippen LogP contribution in [0, 0.1) is 5.82 Å². The molecule has 2 aromatic carbocycles. The molecule has 0 aliphatic heterocycles. The molecule has 1 aliphatic rings. The van der Waals surface area contributed by atoms with Crippen molar-refractivity contribution in [1.29, 1.82) is 0 Å². The van der Waals surface area contributed by atoms with Crippen LogP contribution in [-0.4, -0.2) is 5.78 Å². The Hall–Kier alpha value is -1.48. The highest BCUT2D eigenvalue weighted by atomic mass is 79.9. The second-order valence-electron chi connectivity index (χ2n) is 4.47. The maximum atomic E-state index is 13.0. The smallest absolute Gasteiger partial charge is 0.184 e. The lowest BCUT2D eigenvalue weighted by molar-refractivity contribution is 0.0960. The highest BCUT2D eigenvalue weighted by molar-refractivity contribution is 9.10. The molecule has 0 saturated heterocycles. The first-order valence-electron chi connectivity index (χ1n) is 5.69. The summed E-state index contributed by atoms with van der Waals surface area (Å²) in [6.45, 7) is 0. The number of ketones is 1. The van der Waals surface area contributed by atoms with Crippen molar-refractivity contribution in [3.63, 3.8) is 0 Å². The lowest BCUT2D eigenvalue weighted by Gasteiger charge is -2.20. The van der Waals surface area contributed by atoms with Crippen LogP contribution in [0.5, 0.6) is 0 Å². The van der Waals surface area contributed by atoms with Crippen molar-refractivity contribution < 1.29 is 9.18 Å². The molecule has 0 bridgehead atoms. The molecule has 1 atom stereocenters. The molecular weight excluding hydrogens is 295 g/mol. The number of benzene rings is 2. The van der Waals surface area contributed by atoms with E-state index in [1.165, 1.54) is 12.1 Å². The molecule has 1 nitrogen and oxygen atoms in total. The van der Waals surface area contributed by atoms with Crippen LogP contribution < -0.4 is 0 Å². The molecule has 3 rings (SSSR count). The fraction of sp³-hybridized carbons (Fsp3) is 0.133. The van der Waals surface area contributed by atoms with E-state index in [9.17, 15) is 9.18 Å². The van der Waals surface area contributed by atoms with Gasteiger partial charge in [-0.05, 0) is 29.7 Å². The number of halogens is 2. The van der Waals surface area contributed by atoms with E-state index in [1.54, 1.807) is 12.1 Å². The van der Waals surface area contributed by atoms with Gasteiger partial charge in [-0.25, -0.2) is 4.39 Å². The third kappa shape index (κ3) is 1.62. The van der Waals surface area contributed by atoms with Gasteiger partial charge in [-0.2, -0.15) is 0 Å². The van der Waals surface area contributed by atoms with Crippen molar-refractivity contribution in [2.45, 2.75) is 10.7 Å². The lowest BCUT2D eigenvalue weighted by atomic mass is 9.95. The number of carbonyl (C=O) groups is 1. The first-order valence-corrected chi connectivity index (χ1v) is 6.48. The molecule has 3 heteroatoms. The van der Waals surface area contributed by atoms with Crippen LogP contribution in [0.3, 0.4) is 0 Å². The molecule has 0 spiro atoms. The summed E-state index contributed by atoms with van der Waals surface area (Å²) in [5.41, 5.74) is 2.58. The Morgan fingerprint density at radius 1 is 1.06 bits per heavy atom. The second kappa shape index (κ2) is 4.02. The number of carbonyl (C=O) groups excluding carboxylic acids is 1. The van der Waals surface area contributed by atoms with Crippen molar-refractivity contribution >= 4 is 21.7 Å². The molecule has 0 saturated carbocycles. The first kappa shape index (κ1) is 11.6.